The second-order valence-electron chi connectivity index (χ2n) is 5.48. The molecule has 4 nitrogen and oxygen atoms in total. The molecule has 1 saturated carbocycles. The van der Waals surface area contributed by atoms with E-state index in [4.69, 9.17) is 16.3 Å². The minimum Gasteiger partial charge on any atom is -0.462 e. The third kappa shape index (κ3) is 3.16. The molecule has 1 N–H and O–H groups in total. The molecule has 0 saturated heterocycles. The van der Waals surface area contributed by atoms with Crippen LogP contribution in [-0.4, -0.2) is 17.6 Å². The van der Waals surface area contributed by atoms with Gasteiger partial charge in [-0.1, -0.05) is 41.9 Å². The van der Waals surface area contributed by atoms with Crippen molar-refractivity contribution in [3.63, 3.8) is 0 Å². The fourth-order valence-corrected chi connectivity index (χ4v) is 2.94. The van der Waals surface area contributed by atoms with Gasteiger partial charge >= 0.3 is 5.97 Å². The highest BCUT2D eigenvalue weighted by Crippen LogP contribution is 2.50. The molecule has 0 bridgehead atoms. The minimum atomic E-state index is -0.443. The quantitative estimate of drug-likeness (QED) is 0.624. The van der Waals surface area contributed by atoms with Crippen molar-refractivity contribution in [2.75, 3.05) is 11.9 Å². The van der Waals surface area contributed by atoms with Crippen LogP contribution in [0.5, 0.6) is 0 Å². The van der Waals surface area contributed by atoms with Crippen LogP contribution < -0.4 is 5.32 Å². The molecule has 1 fully saturated rings. The van der Waals surface area contributed by atoms with Gasteiger partial charge in [0.25, 0.3) is 0 Å². The molecule has 23 heavy (non-hydrogen) atoms. The molecule has 1 aromatic carbocycles. The summed E-state index contributed by atoms with van der Waals surface area (Å²) in [6, 6.07) is 10.1. The molecule has 6 heteroatoms. The summed E-state index contributed by atoms with van der Waals surface area (Å²) >= 11 is 10.6. The molecular formula is C17H17ClN2O2S. The van der Waals surface area contributed by atoms with Gasteiger partial charge < -0.3 is 10.1 Å². The number of rotatable bonds is 5. The zero-order chi connectivity index (χ0) is 16.4. The number of halogens is 1. The average molecular weight is 349 g/mol. The van der Waals surface area contributed by atoms with Gasteiger partial charge in [0.2, 0.25) is 0 Å². The van der Waals surface area contributed by atoms with Crippen LogP contribution in [-0.2, 0) is 10.3 Å². The van der Waals surface area contributed by atoms with E-state index in [1.807, 2.05) is 18.2 Å². The molecule has 0 unspecified atom stereocenters. The summed E-state index contributed by atoms with van der Waals surface area (Å²) < 4.78 is 5.10. The first-order valence-corrected chi connectivity index (χ1v) is 8.28. The normalized spacial score (nSPS) is 15.1. The van der Waals surface area contributed by atoms with Crippen LogP contribution in [0.1, 0.15) is 35.7 Å². The predicted molar refractivity (Wildman–Crippen MR) is 93.4 cm³/mol. The van der Waals surface area contributed by atoms with E-state index in [-0.39, 0.29) is 5.54 Å². The monoisotopic (exact) mass is 348 g/mol. The number of esters is 1. The molecule has 1 aromatic heterocycles. The number of hydrogen-bond acceptors (Lipinski definition) is 5. The van der Waals surface area contributed by atoms with Crippen LogP contribution in [0.15, 0.2) is 41.6 Å². The summed E-state index contributed by atoms with van der Waals surface area (Å²) in [5.41, 5.74) is 1.83. The van der Waals surface area contributed by atoms with E-state index < -0.39 is 5.97 Å². The summed E-state index contributed by atoms with van der Waals surface area (Å²) in [6.45, 7) is 2.06. The maximum absolute atomic E-state index is 12.2. The molecule has 120 valence electrons. The largest absolute Gasteiger partial charge is 0.462 e. The van der Waals surface area contributed by atoms with E-state index in [1.54, 1.807) is 6.92 Å². The van der Waals surface area contributed by atoms with Crippen molar-refractivity contribution < 1.29 is 9.53 Å². The zero-order valence-electron chi connectivity index (χ0n) is 12.7. The first-order chi connectivity index (χ1) is 11.1. The van der Waals surface area contributed by atoms with Crippen LogP contribution in [0.25, 0.3) is 0 Å². The lowest BCUT2D eigenvalue weighted by Gasteiger charge is -2.22. The highest BCUT2D eigenvalue weighted by Gasteiger charge is 2.45. The number of anilines is 1. The Morgan fingerprint density at radius 1 is 1.39 bits per heavy atom. The Labute approximate surface area is 145 Å². The van der Waals surface area contributed by atoms with Crippen molar-refractivity contribution in [2.45, 2.75) is 30.3 Å². The number of aromatic nitrogens is 1. The van der Waals surface area contributed by atoms with Crippen LogP contribution in [0.4, 0.5) is 5.69 Å². The van der Waals surface area contributed by atoms with Crippen molar-refractivity contribution in [1.82, 2.24) is 4.98 Å². The van der Waals surface area contributed by atoms with Gasteiger partial charge in [0.1, 0.15) is 10.6 Å². The molecular weight excluding hydrogens is 332 g/mol. The molecule has 1 heterocycles. The van der Waals surface area contributed by atoms with Crippen molar-refractivity contribution in [1.29, 1.82) is 0 Å². The molecule has 1 aliphatic rings. The summed E-state index contributed by atoms with van der Waals surface area (Å²) in [7, 11) is 0. The zero-order valence-corrected chi connectivity index (χ0v) is 14.3. The number of carbonyl (C=O) groups excluding carboxylic acids is 1. The molecule has 0 atom stereocenters. The van der Waals surface area contributed by atoms with Gasteiger partial charge in [-0.2, -0.15) is 0 Å². The molecule has 0 radical (unpaired) electrons. The number of nitrogens with one attached hydrogen (secondary N) is 1. The lowest BCUT2D eigenvalue weighted by atomic mass is 10.0. The Kier molecular flexibility index (Phi) is 4.50. The molecule has 0 aliphatic heterocycles. The standard InChI is InChI=1S/C17H17ClN2O2S/c1-2-22-16(21)12-10-19-15(23)13(18)14(12)20-17(8-9-17)11-6-4-3-5-7-11/h3-7,10H,2,8-9H2,1H3,(H2,19,20,23). The Balaban J connectivity index is 1.99. The van der Waals surface area contributed by atoms with Crippen molar-refractivity contribution in [3.8, 4) is 0 Å². The number of hydrogen-bond donors (Lipinski definition) is 2. The fourth-order valence-electron chi connectivity index (χ4n) is 2.57. The lowest BCUT2D eigenvalue weighted by molar-refractivity contribution is 0.0527. The summed E-state index contributed by atoms with van der Waals surface area (Å²) in [5, 5.41) is 4.16. The lowest BCUT2D eigenvalue weighted by Crippen LogP contribution is -2.21. The number of benzene rings is 1. The van der Waals surface area contributed by atoms with E-state index in [0.717, 1.165) is 12.8 Å². The van der Waals surface area contributed by atoms with Gasteiger partial charge in [0.15, 0.2) is 0 Å². The first-order valence-electron chi connectivity index (χ1n) is 7.45. The van der Waals surface area contributed by atoms with E-state index in [9.17, 15) is 4.79 Å². The van der Waals surface area contributed by atoms with Crippen molar-refractivity contribution >= 4 is 35.9 Å². The third-order valence-corrected chi connectivity index (χ3v) is 4.78. The molecule has 2 aromatic rings. The number of carbonyl (C=O) groups is 1. The fraction of sp³-hybridized carbons (Fsp3) is 0.294. The second-order valence-corrected chi connectivity index (χ2v) is 6.28. The number of pyridine rings is 1. The number of thiol groups is 1. The highest BCUT2D eigenvalue weighted by molar-refractivity contribution is 7.80. The maximum Gasteiger partial charge on any atom is 0.341 e. The topological polar surface area (TPSA) is 51.2 Å². The minimum absolute atomic E-state index is 0.201. The Bertz CT molecular complexity index is 733. The highest BCUT2D eigenvalue weighted by atomic mass is 35.5. The molecule has 3 rings (SSSR count). The van der Waals surface area contributed by atoms with Crippen molar-refractivity contribution in [3.05, 3.63) is 52.7 Å². The molecule has 0 spiro atoms. The predicted octanol–water partition coefficient (Wildman–Crippen LogP) is 4.30. The van der Waals surface area contributed by atoms with Crippen LogP contribution in [0, 0.1) is 0 Å². The Morgan fingerprint density at radius 2 is 2.09 bits per heavy atom. The van der Waals surface area contributed by atoms with Gasteiger partial charge in [-0.3, -0.25) is 0 Å². The molecule has 0 amide bonds. The first kappa shape index (κ1) is 16.1. The smallest absolute Gasteiger partial charge is 0.341 e. The summed E-state index contributed by atoms with van der Waals surface area (Å²) in [6.07, 6.45) is 3.40. The van der Waals surface area contributed by atoms with Gasteiger partial charge in [-0.15, -0.1) is 12.6 Å². The van der Waals surface area contributed by atoms with Gasteiger partial charge in [0, 0.05) is 6.20 Å². The SMILES string of the molecule is CCOC(=O)c1cnc(S)c(Cl)c1NC1(c2ccccc2)CC1. The van der Waals surface area contributed by atoms with Crippen LogP contribution >= 0.6 is 24.2 Å². The van der Waals surface area contributed by atoms with E-state index in [1.165, 1.54) is 11.8 Å². The van der Waals surface area contributed by atoms with E-state index >= 15 is 0 Å². The average Bonchev–Trinajstić information content (AvgIpc) is 3.34. The molecule has 1 aliphatic carbocycles. The van der Waals surface area contributed by atoms with Crippen molar-refractivity contribution in [2.24, 2.45) is 0 Å². The second kappa shape index (κ2) is 6.42. The van der Waals surface area contributed by atoms with Gasteiger partial charge in [-0.05, 0) is 25.3 Å². The number of nitrogens with zero attached hydrogens (tertiary/aromatic N) is 1. The number of ether oxygens (including phenoxy) is 1. The maximum atomic E-state index is 12.2. The van der Waals surface area contributed by atoms with Gasteiger partial charge in [0.05, 0.1) is 22.9 Å². The van der Waals surface area contributed by atoms with Gasteiger partial charge in [-0.25, -0.2) is 9.78 Å². The third-order valence-electron chi connectivity index (χ3n) is 3.94. The summed E-state index contributed by atoms with van der Waals surface area (Å²) in [4.78, 5) is 16.2. The Hall–Kier alpha value is -1.72. The van der Waals surface area contributed by atoms with E-state index in [2.05, 4.69) is 35.1 Å². The van der Waals surface area contributed by atoms with E-state index in [0.29, 0.717) is 27.9 Å². The Morgan fingerprint density at radius 3 is 2.70 bits per heavy atom. The van der Waals surface area contributed by atoms with Crippen LogP contribution in [0.2, 0.25) is 5.02 Å². The van der Waals surface area contributed by atoms with Crippen LogP contribution in [0.3, 0.4) is 0 Å². The summed E-state index contributed by atoms with van der Waals surface area (Å²) in [5.74, 6) is -0.443.